The number of hydrogen-bond donors (Lipinski definition) is 2. The predicted octanol–water partition coefficient (Wildman–Crippen LogP) is 3.41. The second-order valence-electron chi connectivity index (χ2n) is 8.56. The van der Waals surface area contributed by atoms with Crippen LogP contribution in [0.25, 0.3) is 10.8 Å². The van der Waals surface area contributed by atoms with Crippen molar-refractivity contribution < 1.29 is 4.79 Å². The fraction of sp³-hybridized carbons (Fsp3) is 0.417. The normalized spacial score (nSPS) is 20.4. The first-order valence-corrected chi connectivity index (χ1v) is 11.9. The van der Waals surface area contributed by atoms with Gasteiger partial charge < -0.3 is 15.2 Å². The van der Waals surface area contributed by atoms with E-state index in [1.165, 1.54) is 5.00 Å². The first kappa shape index (κ1) is 20.3. The Morgan fingerprint density at radius 1 is 1.10 bits per heavy atom. The summed E-state index contributed by atoms with van der Waals surface area (Å²) in [6.07, 6.45) is 3.36. The number of amides is 1. The van der Waals surface area contributed by atoms with Crippen molar-refractivity contribution in [2.75, 3.05) is 38.1 Å². The highest BCUT2D eigenvalue weighted by Crippen LogP contribution is 2.33. The van der Waals surface area contributed by atoms with Crippen LogP contribution in [0.5, 0.6) is 0 Å². The number of fused-ring (bicyclic) bond motifs is 1. The molecule has 1 atom stereocenters. The van der Waals surface area contributed by atoms with E-state index in [-0.39, 0.29) is 11.5 Å². The number of nitrogens with zero attached hydrogens (tertiary/aromatic N) is 2. The van der Waals surface area contributed by atoms with Crippen molar-refractivity contribution in [2.24, 2.45) is 0 Å². The number of likely N-dealkylation sites (tertiary alicyclic amines) is 1. The fourth-order valence-electron chi connectivity index (χ4n) is 5.02. The molecule has 2 N–H and O–H groups in total. The predicted molar refractivity (Wildman–Crippen MR) is 126 cm³/mol. The van der Waals surface area contributed by atoms with Crippen molar-refractivity contribution in [1.29, 1.82) is 0 Å². The van der Waals surface area contributed by atoms with Gasteiger partial charge in [0.2, 0.25) is 0 Å². The summed E-state index contributed by atoms with van der Waals surface area (Å²) in [6, 6.07) is 14.6. The molecule has 0 radical (unpaired) electrons. The third-order valence-corrected chi connectivity index (χ3v) is 7.91. The fourth-order valence-corrected chi connectivity index (χ4v) is 6.02. The van der Waals surface area contributed by atoms with Gasteiger partial charge in [0.15, 0.2) is 0 Å². The van der Waals surface area contributed by atoms with Gasteiger partial charge in [-0.3, -0.25) is 14.5 Å². The van der Waals surface area contributed by atoms with Crippen LogP contribution in [0.4, 0.5) is 5.00 Å². The second-order valence-corrected chi connectivity index (χ2v) is 9.62. The lowest BCUT2D eigenvalue weighted by atomic mass is 10.0. The highest BCUT2D eigenvalue weighted by molar-refractivity contribution is 7.18. The van der Waals surface area contributed by atoms with Gasteiger partial charge in [-0.05, 0) is 55.5 Å². The van der Waals surface area contributed by atoms with Crippen LogP contribution >= 0.6 is 11.3 Å². The monoisotopic (exact) mass is 436 g/mol. The Kier molecular flexibility index (Phi) is 5.54. The molecule has 5 rings (SSSR count). The number of thiophene rings is 1. The van der Waals surface area contributed by atoms with E-state index in [2.05, 4.69) is 32.2 Å². The molecule has 3 aromatic rings. The number of aromatic nitrogens is 1. The summed E-state index contributed by atoms with van der Waals surface area (Å²) in [6.45, 7) is 4.14. The number of benzene rings is 1. The van der Waals surface area contributed by atoms with Gasteiger partial charge in [0.25, 0.3) is 11.5 Å². The maximum absolute atomic E-state index is 12.5. The molecule has 7 heteroatoms. The number of carbonyl (C=O) groups excluding carboxylic acids is 1. The number of nitrogens with one attached hydrogen (secondary N) is 2. The first-order valence-electron chi connectivity index (χ1n) is 11.1. The maximum Gasteiger partial charge on any atom is 0.261 e. The van der Waals surface area contributed by atoms with Crippen molar-refractivity contribution >= 4 is 33.0 Å². The number of anilines is 1. The lowest BCUT2D eigenvalue weighted by molar-refractivity contribution is 0.0967. The van der Waals surface area contributed by atoms with Crippen molar-refractivity contribution in [3.8, 4) is 0 Å². The van der Waals surface area contributed by atoms with E-state index < -0.39 is 0 Å². The molecule has 1 aromatic carbocycles. The molecule has 2 aliphatic rings. The number of aromatic amines is 1. The molecule has 2 aromatic heterocycles. The van der Waals surface area contributed by atoms with Crippen LogP contribution < -0.4 is 15.8 Å². The van der Waals surface area contributed by atoms with E-state index in [0.717, 1.165) is 66.8 Å². The SMILES string of the molecule is CNC(=O)c1ccc(N2CCC(N3CCC(c4cc5ccccc5c(=O)[nH]4)C3)CC2)s1. The number of H-pyrrole nitrogens is 1. The van der Waals surface area contributed by atoms with Crippen molar-refractivity contribution in [2.45, 2.75) is 31.2 Å². The molecule has 2 fully saturated rings. The summed E-state index contributed by atoms with van der Waals surface area (Å²) >= 11 is 1.57. The van der Waals surface area contributed by atoms with Gasteiger partial charge in [-0.25, -0.2) is 0 Å². The van der Waals surface area contributed by atoms with E-state index in [0.29, 0.717) is 12.0 Å². The van der Waals surface area contributed by atoms with Crippen LogP contribution in [-0.2, 0) is 0 Å². The summed E-state index contributed by atoms with van der Waals surface area (Å²) in [7, 11) is 1.67. The third-order valence-electron chi connectivity index (χ3n) is 6.77. The minimum absolute atomic E-state index is 0.0130. The van der Waals surface area contributed by atoms with E-state index in [1.807, 2.05) is 30.3 Å². The Bertz CT molecular complexity index is 1150. The van der Waals surface area contributed by atoms with Crippen LogP contribution in [-0.4, -0.2) is 55.1 Å². The molecule has 1 unspecified atom stereocenters. The molecule has 162 valence electrons. The van der Waals surface area contributed by atoms with Crippen LogP contribution in [0.2, 0.25) is 0 Å². The molecule has 31 heavy (non-hydrogen) atoms. The minimum atomic E-state index is -0.0130. The van der Waals surface area contributed by atoms with E-state index in [1.54, 1.807) is 18.4 Å². The van der Waals surface area contributed by atoms with Crippen LogP contribution in [0.3, 0.4) is 0 Å². The molecule has 0 bridgehead atoms. The highest BCUT2D eigenvalue weighted by Gasteiger charge is 2.32. The molecular formula is C24H28N4O2S. The quantitative estimate of drug-likeness (QED) is 0.658. The zero-order valence-electron chi connectivity index (χ0n) is 17.8. The van der Waals surface area contributed by atoms with Crippen LogP contribution in [0.1, 0.15) is 40.5 Å². The molecule has 2 aliphatic heterocycles. The molecular weight excluding hydrogens is 408 g/mol. The average molecular weight is 437 g/mol. The topological polar surface area (TPSA) is 68.4 Å². The summed E-state index contributed by atoms with van der Waals surface area (Å²) in [5.41, 5.74) is 1.09. The zero-order chi connectivity index (χ0) is 21.4. The molecule has 4 heterocycles. The molecule has 2 saturated heterocycles. The Morgan fingerprint density at radius 3 is 2.71 bits per heavy atom. The smallest absolute Gasteiger partial charge is 0.261 e. The van der Waals surface area contributed by atoms with E-state index in [9.17, 15) is 9.59 Å². The standard InChI is InChI=1S/C24H28N4O2S/c1-25-24(30)21-6-7-22(31-21)27-12-9-18(10-13-27)28-11-8-17(15-28)20-14-16-4-2-3-5-19(16)23(29)26-20/h2-7,14,17-18H,8-13,15H2,1H3,(H,25,30)(H,26,29). The molecule has 0 aliphatic carbocycles. The lowest BCUT2D eigenvalue weighted by Gasteiger charge is -2.37. The lowest BCUT2D eigenvalue weighted by Crippen LogP contribution is -2.43. The van der Waals surface area contributed by atoms with Crippen LogP contribution in [0, 0.1) is 0 Å². The largest absolute Gasteiger partial charge is 0.363 e. The van der Waals surface area contributed by atoms with Gasteiger partial charge in [-0.15, -0.1) is 11.3 Å². The number of hydrogen-bond acceptors (Lipinski definition) is 5. The van der Waals surface area contributed by atoms with Crippen molar-refractivity contribution in [1.82, 2.24) is 15.2 Å². The Labute approximate surface area is 185 Å². The van der Waals surface area contributed by atoms with Crippen LogP contribution in [0.15, 0.2) is 47.3 Å². The number of rotatable bonds is 4. The van der Waals surface area contributed by atoms with E-state index in [4.69, 9.17) is 0 Å². The highest BCUT2D eigenvalue weighted by atomic mass is 32.1. The third kappa shape index (κ3) is 4.00. The minimum Gasteiger partial charge on any atom is -0.363 e. The summed E-state index contributed by atoms with van der Waals surface area (Å²) in [5.74, 6) is 0.378. The van der Waals surface area contributed by atoms with Gasteiger partial charge in [-0.2, -0.15) is 0 Å². The Balaban J connectivity index is 1.21. The first-order chi connectivity index (χ1) is 15.1. The van der Waals surface area contributed by atoms with Crippen molar-refractivity contribution in [3.05, 3.63) is 63.4 Å². The number of carbonyl (C=O) groups is 1. The summed E-state index contributed by atoms with van der Waals surface area (Å²) in [4.78, 5) is 33.2. The van der Waals surface area contributed by atoms with Gasteiger partial charge in [0, 0.05) is 49.7 Å². The van der Waals surface area contributed by atoms with Gasteiger partial charge in [0.05, 0.1) is 9.88 Å². The Hall–Kier alpha value is -2.64. The summed E-state index contributed by atoms with van der Waals surface area (Å²) < 4.78 is 0. The van der Waals surface area contributed by atoms with Gasteiger partial charge in [-0.1, -0.05) is 18.2 Å². The van der Waals surface area contributed by atoms with Crippen molar-refractivity contribution in [3.63, 3.8) is 0 Å². The average Bonchev–Trinajstić information content (AvgIpc) is 3.49. The number of piperidine rings is 1. The number of pyridine rings is 1. The second kappa shape index (κ2) is 8.48. The molecule has 0 spiro atoms. The maximum atomic E-state index is 12.5. The van der Waals surface area contributed by atoms with E-state index >= 15 is 0 Å². The van der Waals surface area contributed by atoms with Gasteiger partial charge in [0.1, 0.15) is 0 Å². The summed E-state index contributed by atoms with van der Waals surface area (Å²) in [5, 5.41) is 5.68. The Morgan fingerprint density at radius 2 is 1.90 bits per heavy atom. The van der Waals surface area contributed by atoms with Gasteiger partial charge >= 0.3 is 0 Å². The molecule has 6 nitrogen and oxygen atoms in total. The molecule has 1 amide bonds. The molecule has 0 saturated carbocycles. The zero-order valence-corrected chi connectivity index (χ0v) is 18.6.